The summed E-state index contributed by atoms with van der Waals surface area (Å²) in [4.78, 5) is 32.6. The van der Waals surface area contributed by atoms with Gasteiger partial charge in [-0.3, -0.25) is 9.69 Å². The maximum absolute atomic E-state index is 13.7. The zero-order chi connectivity index (χ0) is 23.3. The molecule has 2 saturated heterocycles. The van der Waals surface area contributed by atoms with E-state index in [1.807, 2.05) is 14.1 Å². The minimum Gasteiger partial charge on any atom is -0.322 e. The molecule has 178 valence electrons. The van der Waals surface area contributed by atoms with Crippen molar-refractivity contribution < 1.29 is 14.0 Å². The largest absolute Gasteiger partial charge is 0.325 e. The fourth-order valence-corrected chi connectivity index (χ4v) is 5.04. The van der Waals surface area contributed by atoms with Crippen LogP contribution in [0.5, 0.6) is 0 Å². The van der Waals surface area contributed by atoms with Gasteiger partial charge in [-0.1, -0.05) is 32.4 Å². The van der Waals surface area contributed by atoms with Gasteiger partial charge < -0.3 is 15.1 Å². The summed E-state index contributed by atoms with van der Waals surface area (Å²) in [6, 6.07) is 6.01. The van der Waals surface area contributed by atoms with Crippen molar-refractivity contribution in [2.24, 2.45) is 11.8 Å². The van der Waals surface area contributed by atoms with E-state index >= 15 is 0 Å². The molecule has 3 rings (SSSR count). The van der Waals surface area contributed by atoms with Gasteiger partial charge in [0, 0.05) is 19.5 Å². The number of urea groups is 1. The van der Waals surface area contributed by atoms with Gasteiger partial charge in [0.05, 0.1) is 0 Å². The van der Waals surface area contributed by atoms with Gasteiger partial charge in [-0.05, 0) is 82.5 Å². The first-order chi connectivity index (χ1) is 15.2. The smallest absolute Gasteiger partial charge is 0.322 e. The Kier molecular flexibility index (Phi) is 8.28. The molecule has 1 aromatic rings. The van der Waals surface area contributed by atoms with Crippen LogP contribution in [-0.4, -0.2) is 79.0 Å². The Hall–Kier alpha value is -1.99. The van der Waals surface area contributed by atoms with E-state index in [0.29, 0.717) is 18.9 Å². The third-order valence-electron chi connectivity index (χ3n) is 7.14. The number of halogens is 1. The number of rotatable bonds is 10. The highest BCUT2D eigenvalue weighted by Crippen LogP contribution is 2.37. The average molecular weight is 447 g/mol. The molecule has 6 nitrogen and oxygen atoms in total. The second-order valence-electron chi connectivity index (χ2n) is 9.91. The molecule has 1 aromatic carbocycles. The fourth-order valence-electron chi connectivity index (χ4n) is 5.04. The van der Waals surface area contributed by atoms with E-state index in [-0.39, 0.29) is 23.7 Å². The molecule has 0 bridgehead atoms. The Bertz CT molecular complexity index is 777. The molecule has 0 radical (unpaired) electrons. The van der Waals surface area contributed by atoms with Crippen molar-refractivity contribution in [1.82, 2.24) is 20.0 Å². The Morgan fingerprint density at radius 3 is 2.44 bits per heavy atom. The molecule has 0 aromatic heterocycles. The van der Waals surface area contributed by atoms with Gasteiger partial charge in [0.2, 0.25) is 0 Å². The van der Waals surface area contributed by atoms with Crippen LogP contribution in [0.4, 0.5) is 9.18 Å². The lowest BCUT2D eigenvalue weighted by molar-refractivity contribution is -0.134. The second kappa shape index (κ2) is 10.8. The Morgan fingerprint density at radius 2 is 1.84 bits per heavy atom. The molecule has 7 heteroatoms. The number of hydrogen-bond acceptors (Lipinski definition) is 4. The first-order valence-corrected chi connectivity index (χ1v) is 12.0. The third kappa shape index (κ3) is 5.67. The number of benzene rings is 1. The quantitative estimate of drug-likeness (QED) is 0.560. The van der Waals surface area contributed by atoms with Crippen LogP contribution >= 0.6 is 0 Å². The highest BCUT2D eigenvalue weighted by Gasteiger charge is 2.55. The van der Waals surface area contributed by atoms with Crippen LogP contribution in [-0.2, 0) is 11.2 Å². The number of piperidine rings is 1. The molecule has 0 aliphatic carbocycles. The Balaban J connectivity index is 1.79. The van der Waals surface area contributed by atoms with E-state index in [4.69, 9.17) is 0 Å². The Morgan fingerprint density at radius 1 is 1.19 bits per heavy atom. The van der Waals surface area contributed by atoms with Crippen molar-refractivity contribution in [3.05, 3.63) is 35.6 Å². The first-order valence-electron chi connectivity index (χ1n) is 12.0. The van der Waals surface area contributed by atoms with Crippen molar-refractivity contribution in [3.63, 3.8) is 0 Å². The molecule has 2 aliphatic heterocycles. The maximum atomic E-state index is 13.7. The van der Waals surface area contributed by atoms with Gasteiger partial charge in [0.1, 0.15) is 11.4 Å². The maximum Gasteiger partial charge on any atom is 0.325 e. The minimum absolute atomic E-state index is 0.0658. The van der Waals surface area contributed by atoms with Gasteiger partial charge in [0.25, 0.3) is 5.91 Å². The third-order valence-corrected chi connectivity index (χ3v) is 7.14. The van der Waals surface area contributed by atoms with Crippen LogP contribution in [0.3, 0.4) is 0 Å². The predicted molar refractivity (Wildman–Crippen MR) is 125 cm³/mol. The van der Waals surface area contributed by atoms with Crippen molar-refractivity contribution in [1.29, 1.82) is 0 Å². The summed E-state index contributed by atoms with van der Waals surface area (Å²) >= 11 is 0. The molecule has 2 aliphatic rings. The van der Waals surface area contributed by atoms with Crippen LogP contribution in [0.2, 0.25) is 0 Å². The summed E-state index contributed by atoms with van der Waals surface area (Å²) in [6.45, 7) is 8.66. The van der Waals surface area contributed by atoms with Gasteiger partial charge >= 0.3 is 6.03 Å². The molecule has 2 atom stereocenters. The molecular weight excluding hydrogens is 407 g/mol. The number of imide groups is 1. The van der Waals surface area contributed by atoms with Gasteiger partial charge in [-0.15, -0.1) is 0 Å². The number of carbonyl (C=O) groups excluding carboxylic acids is 2. The van der Waals surface area contributed by atoms with Crippen LogP contribution in [0.15, 0.2) is 24.3 Å². The Labute approximate surface area is 192 Å². The molecule has 2 fully saturated rings. The van der Waals surface area contributed by atoms with Crippen molar-refractivity contribution in [3.8, 4) is 0 Å². The standard InChI is InChI=1S/C25H39FN4O2/c1-5-19(2)18-29-15-11-21(12-16-29)25(17-20-7-9-22(26)10-8-20)23(31)30(24(32)27-25)14-6-13-28(3)4/h7-10,19,21H,5-6,11-18H2,1-4H3,(H,27,32)/t19-,25+/m1/s1. The van der Waals surface area contributed by atoms with E-state index in [0.717, 1.165) is 57.4 Å². The summed E-state index contributed by atoms with van der Waals surface area (Å²) in [6.07, 6.45) is 4.04. The number of amides is 3. The highest BCUT2D eigenvalue weighted by molar-refractivity contribution is 6.07. The van der Waals surface area contributed by atoms with E-state index in [1.54, 1.807) is 12.1 Å². The number of nitrogens with one attached hydrogen (secondary N) is 1. The zero-order valence-electron chi connectivity index (χ0n) is 20.1. The molecular formula is C25H39FN4O2. The van der Waals surface area contributed by atoms with Gasteiger partial charge in [-0.25, -0.2) is 9.18 Å². The van der Waals surface area contributed by atoms with Gasteiger partial charge in [0.15, 0.2) is 0 Å². The van der Waals surface area contributed by atoms with Crippen LogP contribution in [0, 0.1) is 17.7 Å². The lowest BCUT2D eigenvalue weighted by Crippen LogP contribution is -2.57. The molecule has 0 saturated carbocycles. The topological polar surface area (TPSA) is 55.9 Å². The summed E-state index contributed by atoms with van der Waals surface area (Å²) in [5, 5.41) is 3.12. The zero-order valence-corrected chi connectivity index (χ0v) is 20.1. The summed E-state index contributed by atoms with van der Waals surface area (Å²) in [7, 11) is 3.97. The molecule has 2 heterocycles. The monoisotopic (exact) mass is 446 g/mol. The number of carbonyl (C=O) groups is 2. The SMILES string of the molecule is CC[C@@H](C)CN1CCC([C@]2(Cc3ccc(F)cc3)NC(=O)N(CCCN(C)C)C2=O)CC1. The van der Waals surface area contributed by atoms with Crippen molar-refractivity contribution >= 4 is 11.9 Å². The highest BCUT2D eigenvalue weighted by atomic mass is 19.1. The van der Waals surface area contributed by atoms with Crippen LogP contribution < -0.4 is 5.32 Å². The molecule has 3 amide bonds. The van der Waals surface area contributed by atoms with Crippen LogP contribution in [0.1, 0.15) is 45.1 Å². The molecule has 1 N–H and O–H groups in total. The van der Waals surface area contributed by atoms with Crippen molar-refractivity contribution in [2.75, 3.05) is 46.8 Å². The summed E-state index contributed by atoms with van der Waals surface area (Å²) < 4.78 is 13.5. The fraction of sp³-hybridized carbons (Fsp3) is 0.680. The lowest BCUT2D eigenvalue weighted by atomic mass is 9.73. The van der Waals surface area contributed by atoms with E-state index < -0.39 is 5.54 Å². The molecule has 32 heavy (non-hydrogen) atoms. The summed E-state index contributed by atoms with van der Waals surface area (Å²) in [5.74, 6) is 0.301. The van der Waals surface area contributed by atoms with E-state index in [1.165, 1.54) is 17.0 Å². The molecule has 0 unspecified atom stereocenters. The lowest BCUT2D eigenvalue weighted by Gasteiger charge is -2.41. The number of hydrogen-bond donors (Lipinski definition) is 1. The van der Waals surface area contributed by atoms with E-state index in [2.05, 4.69) is 29.0 Å². The van der Waals surface area contributed by atoms with E-state index in [9.17, 15) is 14.0 Å². The number of nitrogens with zero attached hydrogens (tertiary/aromatic N) is 3. The molecule has 0 spiro atoms. The normalized spacial score (nSPS) is 23.8. The van der Waals surface area contributed by atoms with Crippen molar-refractivity contribution in [2.45, 2.75) is 51.5 Å². The van der Waals surface area contributed by atoms with Crippen LogP contribution in [0.25, 0.3) is 0 Å². The van der Waals surface area contributed by atoms with Gasteiger partial charge in [-0.2, -0.15) is 0 Å². The predicted octanol–water partition coefficient (Wildman–Crippen LogP) is 3.37. The first kappa shape index (κ1) is 24.6. The number of likely N-dealkylation sites (tertiary alicyclic amines) is 1. The minimum atomic E-state index is -0.949. The summed E-state index contributed by atoms with van der Waals surface area (Å²) in [5.41, 5.74) is -0.0765. The average Bonchev–Trinajstić information content (AvgIpc) is 3.00. The second-order valence-corrected chi connectivity index (χ2v) is 9.91.